The molecule has 0 saturated carbocycles. The Morgan fingerprint density at radius 1 is 1.21 bits per heavy atom. The maximum Gasteiger partial charge on any atom is 0.416 e. The van der Waals surface area contributed by atoms with Gasteiger partial charge < -0.3 is 9.52 Å². The normalized spacial score (nSPS) is 11.6. The number of carboxylic acids is 1. The van der Waals surface area contributed by atoms with Gasteiger partial charge in [0.2, 0.25) is 5.76 Å². The van der Waals surface area contributed by atoms with Gasteiger partial charge in [-0.15, -0.1) is 0 Å². The van der Waals surface area contributed by atoms with Gasteiger partial charge in [-0.3, -0.25) is 0 Å². The van der Waals surface area contributed by atoms with Crippen LogP contribution in [0.25, 0.3) is 11.3 Å². The fraction of sp³-hybridized carbons (Fsp3) is 0.0833. The Bertz CT molecular complexity index is 631. The summed E-state index contributed by atoms with van der Waals surface area (Å²) in [6.45, 7) is 0. The van der Waals surface area contributed by atoms with Gasteiger partial charge in [0, 0.05) is 5.56 Å². The first-order valence-electron chi connectivity index (χ1n) is 4.99. The van der Waals surface area contributed by atoms with Crippen molar-refractivity contribution in [3.8, 4) is 11.3 Å². The molecule has 0 fully saturated rings. The maximum absolute atomic E-state index is 12.5. The molecule has 0 radical (unpaired) electrons. The van der Waals surface area contributed by atoms with E-state index >= 15 is 0 Å². The summed E-state index contributed by atoms with van der Waals surface area (Å²) in [4.78, 5) is 10.6. The Kier molecular flexibility index (Phi) is 3.28. The van der Waals surface area contributed by atoms with Crippen molar-refractivity contribution >= 4 is 17.6 Å². The Labute approximate surface area is 110 Å². The number of alkyl halides is 3. The number of halogens is 4. The number of benzene rings is 1. The topological polar surface area (TPSA) is 50.4 Å². The summed E-state index contributed by atoms with van der Waals surface area (Å²) in [7, 11) is 0. The summed E-state index contributed by atoms with van der Waals surface area (Å²) in [5.41, 5.74) is -0.687. The molecular weight excluding hydrogens is 285 g/mol. The van der Waals surface area contributed by atoms with Crippen LogP contribution >= 0.6 is 11.6 Å². The first-order valence-corrected chi connectivity index (χ1v) is 5.37. The van der Waals surface area contributed by atoms with Crippen LogP contribution in [0, 0.1) is 0 Å². The zero-order chi connectivity index (χ0) is 14.2. The van der Waals surface area contributed by atoms with E-state index in [1.165, 1.54) is 12.1 Å². The van der Waals surface area contributed by atoms with Crippen molar-refractivity contribution in [2.45, 2.75) is 6.18 Å². The van der Waals surface area contributed by atoms with Gasteiger partial charge in [-0.25, -0.2) is 4.79 Å². The molecule has 3 nitrogen and oxygen atoms in total. The smallest absolute Gasteiger partial charge is 0.416 e. The second-order valence-electron chi connectivity index (χ2n) is 3.66. The minimum Gasteiger partial charge on any atom is -0.475 e. The molecule has 0 aliphatic rings. The standard InChI is InChI=1S/C12H6ClF3O3/c13-8-5-6(12(14,15)16)1-2-7(8)9-3-4-10(19-9)11(17)18/h1-5H,(H,17,18). The molecule has 0 spiro atoms. The van der Waals surface area contributed by atoms with Crippen molar-refractivity contribution in [2.75, 3.05) is 0 Å². The zero-order valence-corrected chi connectivity index (χ0v) is 9.92. The molecule has 2 rings (SSSR count). The summed E-state index contributed by atoms with van der Waals surface area (Å²) in [5, 5.41) is 8.52. The molecule has 1 N–H and O–H groups in total. The van der Waals surface area contributed by atoms with Gasteiger partial charge in [0.05, 0.1) is 10.6 Å². The van der Waals surface area contributed by atoms with E-state index in [1.54, 1.807) is 0 Å². The van der Waals surface area contributed by atoms with Gasteiger partial charge >= 0.3 is 12.1 Å². The molecule has 1 heterocycles. The lowest BCUT2D eigenvalue weighted by molar-refractivity contribution is -0.137. The van der Waals surface area contributed by atoms with E-state index in [0.29, 0.717) is 0 Å². The SMILES string of the molecule is O=C(O)c1ccc(-c2ccc(C(F)(F)F)cc2Cl)o1. The summed E-state index contributed by atoms with van der Waals surface area (Å²) in [5.74, 6) is -1.49. The molecular formula is C12H6ClF3O3. The molecule has 1 aromatic carbocycles. The number of carboxylic acid groups (broad SMARTS) is 1. The van der Waals surface area contributed by atoms with E-state index < -0.39 is 17.7 Å². The molecule has 0 amide bonds. The quantitative estimate of drug-likeness (QED) is 0.896. The minimum atomic E-state index is -4.49. The molecule has 0 atom stereocenters. The third kappa shape index (κ3) is 2.73. The van der Waals surface area contributed by atoms with Crippen LogP contribution in [0.5, 0.6) is 0 Å². The fourth-order valence-corrected chi connectivity index (χ4v) is 1.76. The third-order valence-electron chi connectivity index (χ3n) is 2.38. The number of hydrogen-bond donors (Lipinski definition) is 1. The number of furan rings is 1. The van der Waals surface area contributed by atoms with Gasteiger partial charge in [-0.05, 0) is 30.3 Å². The Morgan fingerprint density at radius 3 is 2.37 bits per heavy atom. The number of aromatic carboxylic acids is 1. The molecule has 0 aliphatic heterocycles. The summed E-state index contributed by atoms with van der Waals surface area (Å²) in [6.07, 6.45) is -4.49. The minimum absolute atomic E-state index is 0.0936. The third-order valence-corrected chi connectivity index (χ3v) is 2.69. The van der Waals surface area contributed by atoms with Gasteiger partial charge in [0.15, 0.2) is 0 Å². The van der Waals surface area contributed by atoms with Crippen LogP contribution in [-0.4, -0.2) is 11.1 Å². The van der Waals surface area contributed by atoms with Crippen LogP contribution in [0.15, 0.2) is 34.7 Å². The second kappa shape index (κ2) is 4.62. The van der Waals surface area contributed by atoms with Crippen molar-refractivity contribution in [1.29, 1.82) is 0 Å². The predicted octanol–water partition coefficient (Wildman–Crippen LogP) is 4.32. The monoisotopic (exact) mass is 290 g/mol. The van der Waals surface area contributed by atoms with E-state index in [0.717, 1.165) is 18.2 Å². The average molecular weight is 291 g/mol. The first kappa shape index (κ1) is 13.5. The Balaban J connectivity index is 2.43. The van der Waals surface area contributed by atoms with Crippen LogP contribution in [0.1, 0.15) is 16.1 Å². The van der Waals surface area contributed by atoms with Crippen LogP contribution in [0.3, 0.4) is 0 Å². The first-order chi connectivity index (χ1) is 8.79. The lowest BCUT2D eigenvalue weighted by atomic mass is 10.1. The highest BCUT2D eigenvalue weighted by Crippen LogP contribution is 2.36. The molecule has 0 unspecified atom stereocenters. The van der Waals surface area contributed by atoms with E-state index in [4.69, 9.17) is 21.1 Å². The lowest BCUT2D eigenvalue weighted by Gasteiger charge is -2.08. The van der Waals surface area contributed by atoms with Crippen LogP contribution in [-0.2, 0) is 6.18 Å². The van der Waals surface area contributed by atoms with Gasteiger partial charge in [0.25, 0.3) is 0 Å². The maximum atomic E-state index is 12.5. The predicted molar refractivity (Wildman–Crippen MR) is 61.1 cm³/mol. The average Bonchev–Trinajstić information content (AvgIpc) is 2.76. The van der Waals surface area contributed by atoms with Gasteiger partial charge in [-0.2, -0.15) is 13.2 Å². The van der Waals surface area contributed by atoms with Crippen molar-refractivity contribution in [1.82, 2.24) is 0 Å². The summed E-state index contributed by atoms with van der Waals surface area (Å²) in [6, 6.07) is 5.28. The second-order valence-corrected chi connectivity index (χ2v) is 4.07. The van der Waals surface area contributed by atoms with Crippen molar-refractivity contribution in [3.05, 3.63) is 46.7 Å². The Hall–Kier alpha value is -1.95. The molecule has 1 aromatic heterocycles. The molecule has 2 aromatic rings. The highest BCUT2D eigenvalue weighted by Gasteiger charge is 2.31. The van der Waals surface area contributed by atoms with Gasteiger partial charge in [-0.1, -0.05) is 11.6 Å². The summed E-state index contributed by atoms with van der Waals surface area (Å²) < 4.78 is 42.3. The molecule has 0 bridgehead atoms. The van der Waals surface area contributed by atoms with Gasteiger partial charge in [0.1, 0.15) is 5.76 Å². The highest BCUT2D eigenvalue weighted by molar-refractivity contribution is 6.33. The van der Waals surface area contributed by atoms with Crippen LogP contribution in [0.4, 0.5) is 13.2 Å². The van der Waals surface area contributed by atoms with Crippen molar-refractivity contribution < 1.29 is 27.5 Å². The number of hydrogen-bond acceptors (Lipinski definition) is 2. The number of rotatable bonds is 2. The molecule has 0 saturated heterocycles. The highest BCUT2D eigenvalue weighted by atomic mass is 35.5. The van der Waals surface area contributed by atoms with E-state index in [1.807, 2.05) is 0 Å². The van der Waals surface area contributed by atoms with Crippen molar-refractivity contribution in [3.63, 3.8) is 0 Å². The zero-order valence-electron chi connectivity index (χ0n) is 9.16. The molecule has 0 aliphatic carbocycles. The lowest BCUT2D eigenvalue weighted by Crippen LogP contribution is -2.04. The van der Waals surface area contributed by atoms with E-state index in [2.05, 4.69) is 0 Å². The largest absolute Gasteiger partial charge is 0.475 e. The molecule has 7 heteroatoms. The van der Waals surface area contributed by atoms with E-state index in [9.17, 15) is 18.0 Å². The molecule has 19 heavy (non-hydrogen) atoms. The van der Waals surface area contributed by atoms with Crippen LogP contribution < -0.4 is 0 Å². The number of carbonyl (C=O) groups is 1. The summed E-state index contributed by atoms with van der Waals surface area (Å²) >= 11 is 5.75. The fourth-order valence-electron chi connectivity index (χ4n) is 1.49. The van der Waals surface area contributed by atoms with E-state index in [-0.39, 0.29) is 22.1 Å². The van der Waals surface area contributed by atoms with Crippen molar-refractivity contribution in [2.24, 2.45) is 0 Å². The molecule has 100 valence electrons. The Morgan fingerprint density at radius 2 is 1.89 bits per heavy atom. The van der Waals surface area contributed by atoms with Crippen LogP contribution in [0.2, 0.25) is 5.02 Å².